The van der Waals surface area contributed by atoms with E-state index in [1.54, 1.807) is 0 Å². The van der Waals surface area contributed by atoms with Gasteiger partial charge in [-0.3, -0.25) is 5.41 Å². The molecule has 0 aliphatic rings. The van der Waals surface area contributed by atoms with E-state index in [9.17, 15) is 0 Å². The first-order valence-corrected chi connectivity index (χ1v) is 9.97. The monoisotopic (exact) mass is 405 g/mol. The Balaban J connectivity index is 1.65. The lowest BCUT2D eigenvalue weighted by atomic mass is 10.1. The van der Waals surface area contributed by atoms with Crippen LogP contribution < -0.4 is 11.1 Å². The van der Waals surface area contributed by atoms with Crippen molar-refractivity contribution in [1.82, 2.24) is 4.57 Å². The summed E-state index contributed by atoms with van der Waals surface area (Å²) in [5.41, 5.74) is 11.4. The van der Waals surface area contributed by atoms with Gasteiger partial charge >= 0.3 is 0 Å². The molecular formula is C26H23N5. The van der Waals surface area contributed by atoms with E-state index in [0.29, 0.717) is 12.1 Å². The molecular weight excluding hydrogens is 382 g/mol. The second-order valence-corrected chi connectivity index (χ2v) is 7.07. The van der Waals surface area contributed by atoms with Crippen LogP contribution in [0.25, 0.3) is 10.9 Å². The summed E-state index contributed by atoms with van der Waals surface area (Å²) >= 11 is 0. The number of nitrogens with one attached hydrogen (secondary N) is 2. The molecule has 4 rings (SSSR count). The number of nitrogens with two attached hydrogens (primary N) is 1. The van der Waals surface area contributed by atoms with Crippen molar-refractivity contribution >= 4 is 29.1 Å². The number of aliphatic imine (C=N–C) groups is 1. The van der Waals surface area contributed by atoms with Crippen molar-refractivity contribution in [3.8, 4) is 11.8 Å². The Morgan fingerprint density at radius 3 is 2.55 bits per heavy atom. The molecule has 1 heterocycles. The lowest BCUT2D eigenvalue weighted by Gasteiger charge is -2.13. The van der Waals surface area contributed by atoms with Crippen molar-refractivity contribution in [2.45, 2.75) is 6.54 Å². The van der Waals surface area contributed by atoms with Crippen LogP contribution >= 0.6 is 0 Å². The van der Waals surface area contributed by atoms with Gasteiger partial charge in [-0.2, -0.15) is 0 Å². The standard InChI is InChI=1S/C26H23N5/c1-29-26(28)23-12-13-24-22(25(23)30-18-27)14-15-31(24)17-21-9-5-8-20(16-21)11-10-19-6-3-2-4-7-19/h2-9,12-16,28,30H,1,17-18,27H2. The van der Waals surface area contributed by atoms with Crippen molar-refractivity contribution in [3.05, 3.63) is 101 Å². The fourth-order valence-corrected chi connectivity index (χ4v) is 3.60. The highest BCUT2D eigenvalue weighted by Gasteiger charge is 2.13. The summed E-state index contributed by atoms with van der Waals surface area (Å²) in [5.74, 6) is 6.58. The van der Waals surface area contributed by atoms with Crippen LogP contribution in [0, 0.1) is 17.3 Å². The highest BCUT2D eigenvalue weighted by atomic mass is 15.0. The Hall–Kier alpha value is -4.14. The highest BCUT2D eigenvalue weighted by Crippen LogP contribution is 2.29. The van der Waals surface area contributed by atoms with Crippen LogP contribution in [0.15, 0.2) is 84.0 Å². The first kappa shape index (κ1) is 20.1. The van der Waals surface area contributed by atoms with Gasteiger partial charge in [0.2, 0.25) is 0 Å². The van der Waals surface area contributed by atoms with Gasteiger partial charge in [-0.1, -0.05) is 42.2 Å². The first-order chi connectivity index (χ1) is 15.2. The second kappa shape index (κ2) is 9.12. The minimum absolute atomic E-state index is 0.121. The Kier molecular flexibility index (Phi) is 5.93. The topological polar surface area (TPSA) is 79.2 Å². The molecule has 5 heteroatoms. The number of aromatic nitrogens is 1. The predicted octanol–water partition coefficient (Wildman–Crippen LogP) is 4.44. The van der Waals surface area contributed by atoms with Crippen LogP contribution in [-0.4, -0.2) is 23.8 Å². The summed E-state index contributed by atoms with van der Waals surface area (Å²) in [5, 5.41) is 12.2. The van der Waals surface area contributed by atoms with Gasteiger partial charge in [-0.15, -0.1) is 0 Å². The molecule has 0 aliphatic heterocycles. The summed E-state index contributed by atoms with van der Waals surface area (Å²) in [6, 6.07) is 24.2. The van der Waals surface area contributed by atoms with Crippen LogP contribution in [0.2, 0.25) is 0 Å². The molecule has 0 unspecified atom stereocenters. The number of rotatable bonds is 5. The molecule has 0 radical (unpaired) electrons. The van der Waals surface area contributed by atoms with E-state index in [2.05, 4.69) is 45.6 Å². The third kappa shape index (κ3) is 4.40. The predicted molar refractivity (Wildman–Crippen MR) is 129 cm³/mol. The summed E-state index contributed by atoms with van der Waals surface area (Å²) < 4.78 is 2.18. The van der Waals surface area contributed by atoms with E-state index in [0.717, 1.165) is 33.3 Å². The summed E-state index contributed by atoms with van der Waals surface area (Å²) in [7, 11) is 0. The fourth-order valence-electron chi connectivity index (χ4n) is 3.60. The zero-order chi connectivity index (χ0) is 21.6. The maximum absolute atomic E-state index is 8.05. The fraction of sp³-hybridized carbons (Fsp3) is 0.0769. The lowest BCUT2D eigenvalue weighted by molar-refractivity contribution is 0.836. The van der Waals surface area contributed by atoms with E-state index in [1.165, 1.54) is 0 Å². The maximum Gasteiger partial charge on any atom is 0.153 e. The van der Waals surface area contributed by atoms with Crippen LogP contribution in [0.5, 0.6) is 0 Å². The number of benzene rings is 3. The summed E-state index contributed by atoms with van der Waals surface area (Å²) in [4.78, 5) is 3.76. The molecule has 0 spiro atoms. The van der Waals surface area contributed by atoms with Crippen LogP contribution in [0.4, 0.5) is 5.69 Å². The molecule has 1 aromatic heterocycles. The zero-order valence-corrected chi connectivity index (χ0v) is 17.1. The van der Waals surface area contributed by atoms with Gasteiger partial charge in [0.15, 0.2) is 5.84 Å². The zero-order valence-electron chi connectivity index (χ0n) is 17.1. The quantitative estimate of drug-likeness (QED) is 0.199. The average molecular weight is 406 g/mol. The molecule has 0 fully saturated rings. The van der Waals surface area contributed by atoms with Crippen LogP contribution in [-0.2, 0) is 6.54 Å². The molecule has 3 aromatic carbocycles. The third-order valence-electron chi connectivity index (χ3n) is 5.05. The Labute approximate surface area is 181 Å². The number of amidine groups is 1. The number of hydrogen-bond donors (Lipinski definition) is 3. The van der Waals surface area contributed by atoms with Crippen molar-refractivity contribution in [2.24, 2.45) is 10.7 Å². The van der Waals surface area contributed by atoms with Gasteiger partial charge < -0.3 is 15.6 Å². The van der Waals surface area contributed by atoms with Gasteiger partial charge in [-0.05, 0) is 54.7 Å². The molecule has 31 heavy (non-hydrogen) atoms. The van der Waals surface area contributed by atoms with Crippen molar-refractivity contribution < 1.29 is 0 Å². The highest BCUT2D eigenvalue weighted by molar-refractivity contribution is 6.10. The average Bonchev–Trinajstić information content (AvgIpc) is 3.21. The molecule has 0 aliphatic carbocycles. The van der Waals surface area contributed by atoms with E-state index in [4.69, 9.17) is 11.1 Å². The molecule has 5 nitrogen and oxygen atoms in total. The molecule has 4 aromatic rings. The number of nitrogens with zero attached hydrogens (tertiary/aromatic N) is 2. The Morgan fingerprint density at radius 1 is 1.00 bits per heavy atom. The molecule has 0 saturated heterocycles. The van der Waals surface area contributed by atoms with E-state index in [-0.39, 0.29) is 12.5 Å². The Bertz CT molecular complexity index is 1310. The maximum atomic E-state index is 8.05. The minimum Gasteiger partial charge on any atom is -0.372 e. The normalized spacial score (nSPS) is 10.4. The summed E-state index contributed by atoms with van der Waals surface area (Å²) in [6.07, 6.45) is 2.05. The second-order valence-electron chi connectivity index (χ2n) is 7.07. The van der Waals surface area contributed by atoms with E-state index >= 15 is 0 Å². The van der Waals surface area contributed by atoms with Crippen LogP contribution in [0.1, 0.15) is 22.3 Å². The first-order valence-electron chi connectivity index (χ1n) is 9.97. The molecule has 4 N–H and O–H groups in total. The minimum atomic E-state index is 0.121. The van der Waals surface area contributed by atoms with Crippen molar-refractivity contribution in [3.63, 3.8) is 0 Å². The number of anilines is 1. The largest absolute Gasteiger partial charge is 0.372 e. The molecule has 0 bridgehead atoms. The van der Waals surface area contributed by atoms with Crippen molar-refractivity contribution in [1.29, 1.82) is 5.41 Å². The van der Waals surface area contributed by atoms with E-state index < -0.39 is 0 Å². The molecule has 0 atom stereocenters. The van der Waals surface area contributed by atoms with Gasteiger partial charge in [0.1, 0.15) is 0 Å². The van der Waals surface area contributed by atoms with E-state index in [1.807, 2.05) is 66.9 Å². The number of hydrogen-bond acceptors (Lipinski definition) is 3. The third-order valence-corrected chi connectivity index (χ3v) is 5.05. The summed E-state index contributed by atoms with van der Waals surface area (Å²) in [6.45, 7) is 4.45. The molecule has 0 saturated carbocycles. The van der Waals surface area contributed by atoms with Crippen molar-refractivity contribution in [2.75, 3.05) is 12.0 Å². The van der Waals surface area contributed by atoms with Crippen LogP contribution in [0.3, 0.4) is 0 Å². The smallest absolute Gasteiger partial charge is 0.153 e. The van der Waals surface area contributed by atoms with Gasteiger partial charge in [0.05, 0.1) is 17.9 Å². The SMILES string of the molecule is C=NC(=N)c1ccc2c(ccn2Cc2cccc(C#Cc3ccccc3)c2)c1NCN. The Morgan fingerprint density at radius 2 is 1.77 bits per heavy atom. The van der Waals surface area contributed by atoms with Gasteiger partial charge in [-0.25, -0.2) is 4.99 Å². The molecule has 0 amide bonds. The van der Waals surface area contributed by atoms with Gasteiger partial charge in [0, 0.05) is 34.8 Å². The molecule has 152 valence electrons. The number of fused-ring (bicyclic) bond motifs is 1. The van der Waals surface area contributed by atoms with Gasteiger partial charge in [0.25, 0.3) is 0 Å². The lowest BCUT2D eigenvalue weighted by Crippen LogP contribution is -2.14.